The SMILES string of the molecule is CCOC(=O)C1=C(CSc2nc3c(cc2C#N)CCCCC3)SC(N)=C(C#N)[C@@H]1c1ccccc1Cl. The number of fused-ring (bicyclic) bond motifs is 1. The molecule has 36 heavy (non-hydrogen) atoms. The lowest BCUT2D eigenvalue weighted by Gasteiger charge is -2.28. The Kier molecular flexibility index (Phi) is 8.64. The quantitative estimate of drug-likeness (QED) is 0.271. The number of nitrogens with zero attached hydrogens (tertiary/aromatic N) is 3. The summed E-state index contributed by atoms with van der Waals surface area (Å²) in [6, 6.07) is 13.5. The van der Waals surface area contributed by atoms with E-state index in [1.807, 2.05) is 12.1 Å². The number of aromatic nitrogens is 1. The van der Waals surface area contributed by atoms with E-state index in [4.69, 9.17) is 27.1 Å². The first kappa shape index (κ1) is 26.2. The van der Waals surface area contributed by atoms with Crippen LogP contribution in [0.3, 0.4) is 0 Å². The average molecular weight is 537 g/mol. The minimum Gasteiger partial charge on any atom is -0.463 e. The fraction of sp³-hybridized carbons (Fsp3) is 0.333. The summed E-state index contributed by atoms with van der Waals surface area (Å²) < 4.78 is 5.41. The van der Waals surface area contributed by atoms with E-state index in [1.54, 1.807) is 25.1 Å². The zero-order valence-corrected chi connectivity index (χ0v) is 22.2. The number of thioether (sulfide) groups is 2. The Hall–Kier alpha value is -2.91. The van der Waals surface area contributed by atoms with Crippen LogP contribution in [-0.4, -0.2) is 23.3 Å². The lowest BCUT2D eigenvalue weighted by molar-refractivity contribution is -0.138. The molecule has 1 aromatic heterocycles. The van der Waals surface area contributed by atoms with Gasteiger partial charge in [0.15, 0.2) is 0 Å². The Morgan fingerprint density at radius 2 is 2.03 bits per heavy atom. The average Bonchev–Trinajstić information content (AvgIpc) is 3.11. The molecule has 0 spiro atoms. The smallest absolute Gasteiger partial charge is 0.335 e. The van der Waals surface area contributed by atoms with E-state index >= 15 is 0 Å². The third kappa shape index (κ3) is 5.42. The van der Waals surface area contributed by atoms with Crippen molar-refractivity contribution in [3.05, 3.63) is 78.8 Å². The molecule has 1 atom stereocenters. The number of allylic oxidation sites excluding steroid dienone is 1. The van der Waals surface area contributed by atoms with Gasteiger partial charge in [-0.05, 0) is 55.9 Å². The summed E-state index contributed by atoms with van der Waals surface area (Å²) in [6.45, 7) is 1.93. The molecule has 6 nitrogen and oxygen atoms in total. The first-order chi connectivity index (χ1) is 17.5. The highest BCUT2D eigenvalue weighted by Crippen LogP contribution is 2.48. The molecule has 0 saturated carbocycles. The van der Waals surface area contributed by atoms with Crippen molar-refractivity contribution < 1.29 is 9.53 Å². The monoisotopic (exact) mass is 536 g/mol. The van der Waals surface area contributed by atoms with E-state index in [0.717, 1.165) is 43.4 Å². The molecule has 4 rings (SSSR count). The number of rotatable bonds is 6. The molecule has 1 aliphatic carbocycles. The van der Waals surface area contributed by atoms with Gasteiger partial charge in [0, 0.05) is 21.4 Å². The van der Waals surface area contributed by atoms with Crippen LogP contribution < -0.4 is 5.73 Å². The van der Waals surface area contributed by atoms with Gasteiger partial charge in [-0.2, -0.15) is 10.5 Å². The third-order valence-corrected chi connectivity index (χ3v) is 8.78. The predicted molar refractivity (Wildman–Crippen MR) is 143 cm³/mol. The summed E-state index contributed by atoms with van der Waals surface area (Å²) in [7, 11) is 0. The number of carbonyl (C=O) groups excluding carboxylic acids is 1. The Labute approximate surface area is 224 Å². The summed E-state index contributed by atoms with van der Waals surface area (Å²) in [5, 5.41) is 21.1. The van der Waals surface area contributed by atoms with Crippen molar-refractivity contribution in [2.45, 2.75) is 50.0 Å². The van der Waals surface area contributed by atoms with E-state index < -0.39 is 11.9 Å². The van der Waals surface area contributed by atoms with Gasteiger partial charge >= 0.3 is 5.97 Å². The Bertz CT molecular complexity index is 1340. The number of nitrogens with two attached hydrogens (primary N) is 1. The van der Waals surface area contributed by atoms with Gasteiger partial charge in [-0.25, -0.2) is 9.78 Å². The van der Waals surface area contributed by atoms with Gasteiger partial charge in [-0.1, -0.05) is 59.7 Å². The van der Waals surface area contributed by atoms with Crippen molar-refractivity contribution in [2.75, 3.05) is 12.4 Å². The third-order valence-electron chi connectivity index (χ3n) is 6.18. The minimum atomic E-state index is -0.741. The van der Waals surface area contributed by atoms with Gasteiger partial charge in [-0.3, -0.25) is 0 Å². The molecule has 2 heterocycles. The highest BCUT2D eigenvalue weighted by atomic mass is 35.5. The van der Waals surface area contributed by atoms with E-state index in [2.05, 4.69) is 12.1 Å². The van der Waals surface area contributed by atoms with Crippen molar-refractivity contribution in [3.63, 3.8) is 0 Å². The van der Waals surface area contributed by atoms with Crippen LogP contribution in [-0.2, 0) is 22.4 Å². The second-order valence-corrected chi connectivity index (χ2v) is 10.9. The van der Waals surface area contributed by atoms with Gasteiger partial charge in [0.05, 0.1) is 40.3 Å². The summed E-state index contributed by atoms with van der Waals surface area (Å²) >= 11 is 9.09. The minimum absolute atomic E-state index is 0.189. The van der Waals surface area contributed by atoms with E-state index in [0.29, 0.717) is 42.4 Å². The van der Waals surface area contributed by atoms with Gasteiger partial charge in [0.2, 0.25) is 0 Å². The standard InChI is InChI=1S/C27H25ClN4O2S2/c1-2-34-27(33)24-22(36-25(31)19(14-30)23(24)18-9-6-7-10-20(18)28)15-35-26-17(13-29)12-16-8-4-3-5-11-21(16)32-26/h6-7,9-10,12,23H,2-5,8,11,15,31H2,1H3/t23-/m0/s1. The van der Waals surface area contributed by atoms with Crippen molar-refractivity contribution in [3.8, 4) is 12.1 Å². The second kappa shape index (κ2) is 11.9. The predicted octanol–water partition coefficient (Wildman–Crippen LogP) is 6.01. The van der Waals surface area contributed by atoms with Crippen LogP contribution in [0.2, 0.25) is 5.02 Å². The van der Waals surface area contributed by atoms with E-state index in [-0.39, 0.29) is 12.2 Å². The van der Waals surface area contributed by atoms with Crippen LogP contribution >= 0.6 is 35.1 Å². The molecule has 0 fully saturated rings. The molecule has 0 radical (unpaired) electrons. The molecule has 0 unspecified atom stereocenters. The lowest BCUT2D eigenvalue weighted by Crippen LogP contribution is -2.23. The van der Waals surface area contributed by atoms with Crippen LogP contribution in [0.25, 0.3) is 0 Å². The number of hydrogen-bond donors (Lipinski definition) is 1. The maximum Gasteiger partial charge on any atom is 0.335 e. The molecule has 9 heteroatoms. The number of aryl methyl sites for hydroxylation is 2. The molecule has 0 saturated heterocycles. The van der Waals surface area contributed by atoms with Gasteiger partial charge in [0.1, 0.15) is 11.1 Å². The largest absolute Gasteiger partial charge is 0.463 e. The Morgan fingerprint density at radius 3 is 2.75 bits per heavy atom. The van der Waals surface area contributed by atoms with Crippen LogP contribution in [0, 0.1) is 22.7 Å². The van der Waals surface area contributed by atoms with Gasteiger partial charge in [0.25, 0.3) is 0 Å². The molecular weight excluding hydrogens is 512 g/mol. The highest BCUT2D eigenvalue weighted by Gasteiger charge is 2.37. The number of benzene rings is 1. The zero-order chi connectivity index (χ0) is 25.7. The molecule has 0 amide bonds. The van der Waals surface area contributed by atoms with Crippen molar-refractivity contribution in [1.29, 1.82) is 10.5 Å². The Morgan fingerprint density at radius 1 is 1.25 bits per heavy atom. The van der Waals surface area contributed by atoms with Crippen LogP contribution in [0.1, 0.15) is 54.5 Å². The van der Waals surface area contributed by atoms with Crippen molar-refractivity contribution >= 4 is 41.1 Å². The number of halogens is 1. The number of esters is 1. The van der Waals surface area contributed by atoms with E-state index in [1.165, 1.54) is 23.5 Å². The van der Waals surface area contributed by atoms with Gasteiger partial charge < -0.3 is 10.5 Å². The normalized spacial score (nSPS) is 17.6. The molecule has 2 aliphatic rings. The Balaban J connectivity index is 1.77. The highest BCUT2D eigenvalue weighted by molar-refractivity contribution is 8.08. The number of pyridine rings is 1. The van der Waals surface area contributed by atoms with Crippen LogP contribution in [0.15, 0.2) is 56.4 Å². The topological polar surface area (TPSA) is 113 Å². The molecule has 1 aromatic carbocycles. The summed E-state index contributed by atoms with van der Waals surface area (Å²) in [5.41, 5.74) is 10.3. The lowest BCUT2D eigenvalue weighted by atomic mass is 9.84. The van der Waals surface area contributed by atoms with Gasteiger partial charge in [-0.15, -0.1) is 0 Å². The van der Waals surface area contributed by atoms with E-state index in [9.17, 15) is 15.3 Å². The van der Waals surface area contributed by atoms with Crippen molar-refractivity contribution in [2.24, 2.45) is 5.73 Å². The number of nitriles is 2. The molecule has 1 aliphatic heterocycles. The summed E-state index contributed by atoms with van der Waals surface area (Å²) in [5.74, 6) is -0.907. The molecule has 2 N–H and O–H groups in total. The first-order valence-corrected chi connectivity index (χ1v) is 13.9. The number of ether oxygens (including phenoxy) is 1. The molecule has 2 aromatic rings. The van der Waals surface area contributed by atoms with Crippen molar-refractivity contribution in [1.82, 2.24) is 4.98 Å². The summed E-state index contributed by atoms with van der Waals surface area (Å²) in [4.78, 5) is 18.8. The molecule has 0 bridgehead atoms. The zero-order valence-electron chi connectivity index (χ0n) is 19.8. The number of carbonyl (C=O) groups is 1. The van der Waals surface area contributed by atoms with Crippen LogP contribution in [0.4, 0.5) is 0 Å². The fourth-order valence-corrected chi connectivity index (χ4v) is 6.86. The maximum atomic E-state index is 13.2. The second-order valence-electron chi connectivity index (χ2n) is 8.41. The number of hydrogen-bond acceptors (Lipinski definition) is 8. The van der Waals surface area contributed by atoms with Crippen LogP contribution in [0.5, 0.6) is 0 Å². The summed E-state index contributed by atoms with van der Waals surface area (Å²) in [6.07, 6.45) is 5.18. The maximum absolute atomic E-state index is 13.2. The first-order valence-electron chi connectivity index (χ1n) is 11.8. The molecular formula is C27H25ClN4O2S2. The molecule has 184 valence electrons. The fourth-order valence-electron chi connectivity index (χ4n) is 4.49.